The molecule has 78 heavy (non-hydrogen) atoms. The molecule has 0 saturated carbocycles. The number of likely N-dealkylation sites (tertiary alicyclic amines) is 1. The van der Waals surface area contributed by atoms with Crippen molar-refractivity contribution in [3.8, 4) is 23.6 Å². The maximum Gasteiger partial charge on any atom is 0.420 e. The first-order valence-corrected chi connectivity index (χ1v) is 27.8. The monoisotopic (exact) mass is 1180 g/mol. The van der Waals surface area contributed by atoms with Crippen LogP contribution in [0.15, 0.2) is 73.1 Å². The highest BCUT2D eigenvalue weighted by atomic mass is 79.9. The first-order chi connectivity index (χ1) is 37.2. The van der Waals surface area contributed by atoms with Gasteiger partial charge in [0.05, 0.1) is 43.5 Å². The first kappa shape index (κ1) is 57.5. The number of nitriles is 2. The number of halogens is 7. The van der Waals surface area contributed by atoms with Gasteiger partial charge in [0.15, 0.2) is 0 Å². The molecule has 412 valence electrons. The molecule has 2 fully saturated rings. The summed E-state index contributed by atoms with van der Waals surface area (Å²) in [5, 5.41) is 32.5. The summed E-state index contributed by atoms with van der Waals surface area (Å²) in [6.45, 7) is 9.75. The van der Waals surface area contributed by atoms with Crippen LogP contribution >= 0.6 is 38.6 Å². The average molecular weight is 1180 g/mol. The van der Waals surface area contributed by atoms with E-state index >= 15 is 0 Å². The third-order valence-corrected chi connectivity index (χ3v) is 15.7. The highest BCUT2D eigenvalue weighted by Crippen LogP contribution is 2.38. The van der Waals surface area contributed by atoms with E-state index in [1.165, 1.54) is 22.2 Å². The predicted octanol–water partition coefficient (Wildman–Crippen LogP) is 13.6. The van der Waals surface area contributed by atoms with Crippen molar-refractivity contribution in [3.05, 3.63) is 105 Å². The van der Waals surface area contributed by atoms with Crippen molar-refractivity contribution in [2.24, 2.45) is 0 Å². The van der Waals surface area contributed by atoms with E-state index in [0.29, 0.717) is 54.6 Å². The number of thiophene rings is 2. The molecule has 8 aromatic rings. The molecule has 0 spiro atoms. The Kier molecular flexibility index (Phi) is 18.1. The number of fused-ring (bicyclic) bond motifs is 4. The number of ether oxygens (including phenoxy) is 3. The molecular formula is C55H57BrF6N10O4S2. The van der Waals surface area contributed by atoms with Gasteiger partial charge in [-0.05, 0) is 108 Å². The van der Waals surface area contributed by atoms with E-state index in [1.807, 2.05) is 42.5 Å². The van der Waals surface area contributed by atoms with Crippen molar-refractivity contribution in [1.82, 2.24) is 29.7 Å². The molecule has 14 nitrogen and oxygen atoms in total. The Balaban J connectivity index is 0.000000163. The summed E-state index contributed by atoms with van der Waals surface area (Å²) in [5.41, 5.74) is 4.49. The third kappa shape index (κ3) is 14.3. The number of aromatic amines is 1. The van der Waals surface area contributed by atoms with Crippen molar-refractivity contribution in [3.63, 3.8) is 0 Å². The van der Waals surface area contributed by atoms with E-state index in [9.17, 15) is 41.7 Å². The molecule has 23 heteroatoms. The molecular weight excluding hydrogens is 1120 g/mol. The number of benzene rings is 3. The van der Waals surface area contributed by atoms with Gasteiger partial charge < -0.3 is 35.1 Å². The van der Waals surface area contributed by atoms with Crippen molar-refractivity contribution < 1.29 is 45.3 Å². The van der Waals surface area contributed by atoms with E-state index < -0.39 is 36.9 Å². The van der Waals surface area contributed by atoms with Gasteiger partial charge >= 0.3 is 18.4 Å². The van der Waals surface area contributed by atoms with Crippen molar-refractivity contribution in [2.45, 2.75) is 101 Å². The Bertz CT molecular complexity index is 3480. The molecule has 5 aromatic heterocycles. The lowest BCUT2D eigenvalue weighted by Gasteiger charge is -2.33. The number of aromatic nitrogens is 4. The van der Waals surface area contributed by atoms with Crippen LogP contribution in [0.4, 0.5) is 42.6 Å². The fourth-order valence-electron chi connectivity index (χ4n) is 9.57. The second-order valence-electron chi connectivity index (χ2n) is 19.8. The highest BCUT2D eigenvalue weighted by molar-refractivity contribution is 9.08. The average Bonchev–Trinajstić information content (AvgIpc) is 4.23. The maximum absolute atomic E-state index is 12.8. The maximum atomic E-state index is 12.8. The van der Waals surface area contributed by atoms with E-state index in [0.717, 1.165) is 113 Å². The van der Waals surface area contributed by atoms with Gasteiger partial charge in [-0.3, -0.25) is 4.90 Å². The van der Waals surface area contributed by atoms with Gasteiger partial charge in [0.2, 0.25) is 0 Å². The van der Waals surface area contributed by atoms with Crippen molar-refractivity contribution >= 4 is 98.3 Å². The fourth-order valence-corrected chi connectivity index (χ4v) is 12.2. The summed E-state index contributed by atoms with van der Waals surface area (Å²) < 4.78 is 94.7. The predicted molar refractivity (Wildman–Crippen MR) is 297 cm³/mol. The van der Waals surface area contributed by atoms with Crippen LogP contribution in [-0.2, 0) is 29.5 Å². The van der Waals surface area contributed by atoms with Crippen LogP contribution in [0.3, 0.4) is 0 Å². The van der Waals surface area contributed by atoms with Gasteiger partial charge in [-0.25, -0.2) is 19.3 Å². The largest absolute Gasteiger partial charge is 0.496 e. The number of carbonyl (C=O) groups excluding carboxylic acids is 1. The molecule has 0 atom stereocenters. The van der Waals surface area contributed by atoms with Crippen LogP contribution < -0.4 is 25.4 Å². The molecule has 10 rings (SSSR count). The molecule has 2 saturated heterocycles. The van der Waals surface area contributed by atoms with Crippen LogP contribution in [0.2, 0.25) is 0 Å². The molecule has 0 amide bonds. The van der Waals surface area contributed by atoms with Crippen LogP contribution in [0.1, 0.15) is 78.7 Å². The minimum Gasteiger partial charge on any atom is -0.496 e. The second-order valence-corrected chi connectivity index (χ2v) is 22.7. The van der Waals surface area contributed by atoms with Gasteiger partial charge in [0.25, 0.3) is 0 Å². The molecule has 7 heterocycles. The third-order valence-electron chi connectivity index (χ3n) is 13.0. The number of nitrogens with zero attached hydrogens (tertiary/aromatic N) is 6. The zero-order valence-electron chi connectivity index (χ0n) is 43.3. The number of H-pyrrole nitrogens is 1. The number of rotatable bonds is 11. The highest BCUT2D eigenvalue weighted by Gasteiger charge is 2.31. The summed E-state index contributed by atoms with van der Waals surface area (Å²) in [4.78, 5) is 27.5. The SMILES string of the molecule is COc1c(CBr)ccc2c1cc(C#N)n2C(=O)OC(C)(C)C.COc1c(CN2CCC(Nc3ncnc4sc(CC(F)(F)F)cc34)CC2)ccc2[nH]c(C#N)cc12.FC(F)(F)Cc1cc2c(NC3CCNCC3)cccc2s1. The normalized spacial score (nSPS) is 14.8. The number of alkyl halides is 7. The summed E-state index contributed by atoms with van der Waals surface area (Å²) in [6, 6.07) is 24.8. The summed E-state index contributed by atoms with van der Waals surface area (Å²) in [5.74, 6) is 2.01. The van der Waals surface area contributed by atoms with Gasteiger partial charge in [-0.15, -0.1) is 22.7 Å². The number of hydrogen-bond donors (Lipinski definition) is 4. The number of nitrogens with one attached hydrogen (secondary N) is 4. The van der Waals surface area contributed by atoms with Crippen LogP contribution in [0.5, 0.6) is 11.5 Å². The number of anilines is 2. The molecule has 0 unspecified atom stereocenters. The number of carbonyl (C=O) groups is 1. The molecule has 3 aromatic carbocycles. The van der Waals surface area contributed by atoms with Gasteiger partial charge in [0, 0.05) is 84.5 Å². The molecule has 0 aliphatic carbocycles. The van der Waals surface area contributed by atoms with Crippen molar-refractivity contribution in [2.75, 3.05) is 51.0 Å². The van der Waals surface area contributed by atoms with Crippen LogP contribution in [-0.4, -0.2) is 101 Å². The fraction of sp³-hybridized carbons (Fsp3) is 0.400. The molecule has 2 aliphatic rings. The smallest absolute Gasteiger partial charge is 0.420 e. The lowest BCUT2D eigenvalue weighted by molar-refractivity contribution is -0.127. The zero-order chi connectivity index (χ0) is 55.9. The number of piperidine rings is 2. The quantitative estimate of drug-likeness (QED) is 0.0713. The Hall–Kier alpha value is -6.63. The lowest BCUT2D eigenvalue weighted by Crippen LogP contribution is -2.38. The van der Waals surface area contributed by atoms with Crippen LogP contribution in [0, 0.1) is 22.7 Å². The Morgan fingerprint density at radius 3 is 2.08 bits per heavy atom. The lowest BCUT2D eigenvalue weighted by atomic mass is 10.0. The summed E-state index contributed by atoms with van der Waals surface area (Å²) in [6.07, 6.45) is -5.56. The van der Waals surface area contributed by atoms with E-state index in [2.05, 4.69) is 57.8 Å². The minimum atomic E-state index is -4.25. The minimum absolute atomic E-state index is 0.169. The molecule has 0 radical (unpaired) electrons. The van der Waals surface area contributed by atoms with Gasteiger partial charge in [0.1, 0.15) is 57.6 Å². The second kappa shape index (κ2) is 24.6. The zero-order valence-corrected chi connectivity index (χ0v) is 46.6. The van der Waals surface area contributed by atoms with Gasteiger partial charge in [-0.1, -0.05) is 34.1 Å². The number of hydrogen-bond acceptors (Lipinski definition) is 14. The Labute approximate surface area is 462 Å². The topological polar surface area (TPSA) is 178 Å². The van der Waals surface area contributed by atoms with E-state index in [-0.39, 0.29) is 16.6 Å². The summed E-state index contributed by atoms with van der Waals surface area (Å²) >= 11 is 5.69. The first-order valence-electron chi connectivity index (χ1n) is 25.0. The van der Waals surface area contributed by atoms with E-state index in [4.69, 9.17) is 14.2 Å². The molecule has 2 aliphatic heterocycles. The van der Waals surface area contributed by atoms with Crippen molar-refractivity contribution in [1.29, 1.82) is 10.5 Å². The summed E-state index contributed by atoms with van der Waals surface area (Å²) in [7, 11) is 3.21. The Morgan fingerprint density at radius 2 is 1.44 bits per heavy atom. The Morgan fingerprint density at radius 1 is 0.782 bits per heavy atom. The van der Waals surface area contributed by atoms with Gasteiger partial charge in [-0.2, -0.15) is 36.9 Å². The van der Waals surface area contributed by atoms with E-state index in [1.54, 1.807) is 65.3 Å². The van der Waals surface area contributed by atoms with Crippen LogP contribution in [0.25, 0.3) is 42.1 Å². The standard InChI is InChI=1S/C24H23F3N6OS.C16H17BrN2O3.C15H17F3N2S/c1-34-21-14(2-3-20-18(21)8-16(11-28)31-20)12-33-6-4-15(5-7-33)32-22-19-9-17(10-24(25,26)27)35-23(19)30-13-29-22;1-16(2,3)22-15(20)19-11(9-18)7-12-13(19)6-5-10(8-17)14(12)21-4;16-15(17,18)9-11-8-12-13(2-1-3-14(12)21-11)20-10-4-6-19-7-5-10/h2-3,8-9,13,15,31H,4-7,10,12H2,1H3,(H,29,30,32);5-7H,8H2,1-4H3;1-3,8,10,19-20H,4-7,9H2. The number of methoxy groups -OCH3 is 2. The molecule has 4 N–H and O–H groups in total. The molecule has 0 bridgehead atoms.